The van der Waals surface area contributed by atoms with Crippen LogP contribution in [0.4, 0.5) is 5.69 Å². The number of nitrogens with zero attached hydrogens (tertiary/aromatic N) is 1. The van der Waals surface area contributed by atoms with E-state index in [9.17, 15) is 10.1 Å². The van der Waals surface area contributed by atoms with Gasteiger partial charge in [-0.3, -0.25) is 10.1 Å². The molecule has 2 atom stereocenters. The maximum atomic E-state index is 10.6. The van der Waals surface area contributed by atoms with Crippen LogP contribution in [-0.2, 0) is 0 Å². The molecule has 3 nitrogen and oxygen atoms in total. The second-order valence-corrected chi connectivity index (χ2v) is 4.75. The zero-order valence-electron chi connectivity index (χ0n) is 9.11. The van der Waals surface area contributed by atoms with Gasteiger partial charge in [0.25, 0.3) is 5.69 Å². The lowest BCUT2D eigenvalue weighted by Gasteiger charge is -2.18. The van der Waals surface area contributed by atoms with E-state index in [0.717, 1.165) is 12.0 Å². The molecule has 1 aromatic carbocycles. The SMILES string of the molecule is CCC(c1ccc([N+](=O)[O-])cc1Cl)C(C)Cl. The number of halogens is 2. The van der Waals surface area contributed by atoms with Crippen LogP contribution in [0.15, 0.2) is 18.2 Å². The second-order valence-electron chi connectivity index (χ2n) is 3.66. The maximum absolute atomic E-state index is 10.6. The Labute approximate surface area is 105 Å². The molecule has 0 saturated heterocycles. The fourth-order valence-corrected chi connectivity index (χ4v) is 2.35. The average Bonchev–Trinajstić information content (AvgIpc) is 2.20. The molecule has 0 spiro atoms. The summed E-state index contributed by atoms with van der Waals surface area (Å²) in [5.41, 5.74) is 0.878. The van der Waals surface area contributed by atoms with Crippen molar-refractivity contribution in [3.63, 3.8) is 0 Å². The highest BCUT2D eigenvalue weighted by Gasteiger charge is 2.20. The van der Waals surface area contributed by atoms with E-state index in [1.165, 1.54) is 12.1 Å². The van der Waals surface area contributed by atoms with Gasteiger partial charge in [-0.25, -0.2) is 0 Å². The van der Waals surface area contributed by atoms with Gasteiger partial charge in [0, 0.05) is 23.4 Å². The van der Waals surface area contributed by atoms with Crippen molar-refractivity contribution in [2.24, 2.45) is 0 Å². The lowest BCUT2D eigenvalue weighted by atomic mass is 9.93. The molecule has 0 fully saturated rings. The number of alkyl halides is 1. The molecule has 16 heavy (non-hydrogen) atoms. The predicted octanol–water partition coefficient (Wildman–Crippen LogP) is 4.37. The molecule has 0 aromatic heterocycles. The largest absolute Gasteiger partial charge is 0.270 e. The zero-order valence-corrected chi connectivity index (χ0v) is 10.6. The Morgan fingerprint density at radius 1 is 1.50 bits per heavy atom. The van der Waals surface area contributed by atoms with Gasteiger partial charge in [-0.2, -0.15) is 0 Å². The number of non-ortho nitro benzene ring substituents is 1. The van der Waals surface area contributed by atoms with E-state index in [1.54, 1.807) is 6.07 Å². The topological polar surface area (TPSA) is 43.1 Å². The van der Waals surface area contributed by atoms with Crippen molar-refractivity contribution in [3.8, 4) is 0 Å². The minimum Gasteiger partial charge on any atom is -0.258 e. The number of rotatable bonds is 4. The lowest BCUT2D eigenvalue weighted by molar-refractivity contribution is -0.384. The summed E-state index contributed by atoms with van der Waals surface area (Å²) >= 11 is 12.1. The molecule has 2 unspecified atom stereocenters. The lowest BCUT2D eigenvalue weighted by Crippen LogP contribution is -2.09. The molecule has 0 radical (unpaired) electrons. The summed E-state index contributed by atoms with van der Waals surface area (Å²) in [5, 5.41) is 10.9. The van der Waals surface area contributed by atoms with Gasteiger partial charge in [-0.05, 0) is 18.9 Å². The smallest absolute Gasteiger partial charge is 0.258 e. The molecule has 0 saturated carbocycles. The fraction of sp³-hybridized carbons (Fsp3) is 0.455. The Kier molecular flexibility index (Phi) is 4.56. The highest BCUT2D eigenvalue weighted by atomic mass is 35.5. The van der Waals surface area contributed by atoms with Crippen molar-refractivity contribution in [1.29, 1.82) is 0 Å². The summed E-state index contributed by atoms with van der Waals surface area (Å²) in [4.78, 5) is 10.1. The first-order valence-corrected chi connectivity index (χ1v) is 5.86. The first-order chi connectivity index (χ1) is 7.47. The van der Waals surface area contributed by atoms with Crippen molar-refractivity contribution in [1.82, 2.24) is 0 Å². The quantitative estimate of drug-likeness (QED) is 0.459. The Bertz CT molecular complexity index is 394. The van der Waals surface area contributed by atoms with E-state index in [4.69, 9.17) is 23.2 Å². The van der Waals surface area contributed by atoms with E-state index in [2.05, 4.69) is 0 Å². The molecule has 1 aromatic rings. The highest BCUT2D eigenvalue weighted by Crippen LogP contribution is 2.34. The standard InChI is InChI=1S/C11H13Cl2NO2/c1-3-9(7(2)12)10-5-4-8(14(15)16)6-11(10)13/h4-7,9H,3H2,1-2H3. The van der Waals surface area contributed by atoms with Crippen LogP contribution in [-0.4, -0.2) is 10.3 Å². The Morgan fingerprint density at radius 2 is 2.12 bits per heavy atom. The number of nitro benzene ring substituents is 1. The molecule has 0 aliphatic heterocycles. The van der Waals surface area contributed by atoms with E-state index in [-0.39, 0.29) is 17.0 Å². The third-order valence-electron chi connectivity index (χ3n) is 2.59. The predicted molar refractivity (Wildman–Crippen MR) is 66.5 cm³/mol. The van der Waals surface area contributed by atoms with Gasteiger partial charge in [0.15, 0.2) is 0 Å². The van der Waals surface area contributed by atoms with Crippen molar-refractivity contribution < 1.29 is 4.92 Å². The van der Waals surface area contributed by atoms with Gasteiger partial charge in [-0.15, -0.1) is 11.6 Å². The molecule has 5 heteroatoms. The van der Waals surface area contributed by atoms with Gasteiger partial charge >= 0.3 is 0 Å². The van der Waals surface area contributed by atoms with Gasteiger partial charge in [0.2, 0.25) is 0 Å². The molecule has 0 aliphatic rings. The summed E-state index contributed by atoms with van der Waals surface area (Å²) in [5.74, 6) is 0.120. The molecular weight excluding hydrogens is 249 g/mol. The molecule has 88 valence electrons. The van der Waals surface area contributed by atoms with Crippen LogP contribution in [0.25, 0.3) is 0 Å². The van der Waals surface area contributed by atoms with Crippen LogP contribution in [0.1, 0.15) is 31.7 Å². The minimum atomic E-state index is -0.458. The van der Waals surface area contributed by atoms with Gasteiger partial charge in [0.05, 0.1) is 9.95 Å². The van der Waals surface area contributed by atoms with Crippen LogP contribution < -0.4 is 0 Å². The van der Waals surface area contributed by atoms with Crippen LogP contribution in [0.2, 0.25) is 5.02 Å². The third-order valence-corrected chi connectivity index (χ3v) is 3.22. The summed E-state index contributed by atoms with van der Waals surface area (Å²) in [6.07, 6.45) is 0.849. The molecule has 0 heterocycles. The Balaban J connectivity index is 3.11. The summed E-state index contributed by atoms with van der Waals surface area (Å²) in [6.45, 7) is 3.91. The molecule has 0 amide bonds. The van der Waals surface area contributed by atoms with Gasteiger partial charge in [-0.1, -0.05) is 24.6 Å². The molecule has 0 N–H and O–H groups in total. The summed E-state index contributed by atoms with van der Waals surface area (Å²) < 4.78 is 0. The minimum absolute atomic E-state index is 0.00540. The molecule has 0 bridgehead atoms. The van der Waals surface area contributed by atoms with Crippen LogP contribution in [0, 0.1) is 10.1 Å². The van der Waals surface area contributed by atoms with Crippen molar-refractivity contribution in [2.45, 2.75) is 31.6 Å². The average molecular weight is 262 g/mol. The monoisotopic (exact) mass is 261 g/mol. The van der Waals surface area contributed by atoms with Crippen molar-refractivity contribution in [2.75, 3.05) is 0 Å². The summed E-state index contributed by atoms with van der Waals surface area (Å²) in [7, 11) is 0. The van der Waals surface area contributed by atoms with E-state index in [1.807, 2.05) is 13.8 Å². The van der Waals surface area contributed by atoms with Gasteiger partial charge in [0.1, 0.15) is 0 Å². The molecule has 1 rings (SSSR count). The fourth-order valence-electron chi connectivity index (χ4n) is 1.72. The van der Waals surface area contributed by atoms with Crippen LogP contribution in [0.3, 0.4) is 0 Å². The van der Waals surface area contributed by atoms with Gasteiger partial charge < -0.3 is 0 Å². The van der Waals surface area contributed by atoms with Crippen LogP contribution >= 0.6 is 23.2 Å². The second kappa shape index (κ2) is 5.51. The Morgan fingerprint density at radius 3 is 2.50 bits per heavy atom. The maximum Gasteiger partial charge on any atom is 0.270 e. The van der Waals surface area contributed by atoms with Crippen LogP contribution in [0.5, 0.6) is 0 Å². The van der Waals surface area contributed by atoms with Crippen molar-refractivity contribution >= 4 is 28.9 Å². The first-order valence-electron chi connectivity index (χ1n) is 5.05. The normalized spacial score (nSPS) is 14.5. The summed E-state index contributed by atoms with van der Waals surface area (Å²) in [6, 6.07) is 4.52. The number of nitro groups is 1. The van der Waals surface area contributed by atoms with E-state index >= 15 is 0 Å². The zero-order chi connectivity index (χ0) is 12.3. The third kappa shape index (κ3) is 2.86. The molecular formula is C11H13Cl2NO2. The number of hydrogen-bond donors (Lipinski definition) is 0. The van der Waals surface area contributed by atoms with E-state index in [0.29, 0.717) is 5.02 Å². The van der Waals surface area contributed by atoms with E-state index < -0.39 is 4.92 Å². The first kappa shape index (κ1) is 13.3. The number of benzene rings is 1. The molecule has 0 aliphatic carbocycles. The Hall–Kier alpha value is -0.800. The van der Waals surface area contributed by atoms with Crippen molar-refractivity contribution in [3.05, 3.63) is 38.9 Å². The number of hydrogen-bond acceptors (Lipinski definition) is 2. The highest BCUT2D eigenvalue weighted by molar-refractivity contribution is 6.31.